The lowest BCUT2D eigenvalue weighted by molar-refractivity contribution is 0.416. The van der Waals surface area contributed by atoms with Gasteiger partial charge >= 0.3 is 0 Å². The average Bonchev–Trinajstić information content (AvgIpc) is 2.57. The van der Waals surface area contributed by atoms with E-state index in [4.69, 9.17) is 44.1 Å². The molecule has 4 nitrogen and oxygen atoms in total. The molecule has 2 aromatic rings. The number of nitrogen functional groups attached to an aromatic ring is 2. The van der Waals surface area contributed by atoms with Crippen molar-refractivity contribution in [2.75, 3.05) is 37.4 Å². The van der Waals surface area contributed by atoms with E-state index in [1.807, 2.05) is 36.4 Å². The Bertz CT molecular complexity index is 633. The van der Waals surface area contributed by atoms with Crippen LogP contribution < -0.4 is 20.9 Å². The molecule has 0 atom stereocenters. The van der Waals surface area contributed by atoms with Crippen LogP contribution in [0.4, 0.5) is 11.4 Å². The van der Waals surface area contributed by atoms with Gasteiger partial charge in [0.2, 0.25) is 0 Å². The summed E-state index contributed by atoms with van der Waals surface area (Å²) in [5.74, 6) is 1.80. The zero-order valence-corrected chi connectivity index (χ0v) is 14.6. The van der Waals surface area contributed by atoms with Crippen molar-refractivity contribution in [3.63, 3.8) is 0 Å². The van der Waals surface area contributed by atoms with Crippen molar-refractivity contribution in [2.24, 2.45) is 0 Å². The Labute approximate surface area is 146 Å². The monoisotopic (exact) mass is 354 g/mol. The normalized spacial score (nSPS) is 11.3. The molecule has 0 radical (unpaired) electrons. The molecule has 0 saturated heterocycles. The van der Waals surface area contributed by atoms with E-state index in [9.17, 15) is 0 Å². The Morgan fingerprint density at radius 3 is 1.48 bits per heavy atom. The molecule has 0 aliphatic heterocycles. The number of alkyl halides is 2. The van der Waals surface area contributed by atoms with E-state index >= 15 is 0 Å². The number of nitrogens with two attached hydrogens (primary N) is 2. The number of hydrogen-bond donors (Lipinski definition) is 2. The van der Waals surface area contributed by atoms with Crippen LogP contribution >= 0.6 is 23.2 Å². The van der Waals surface area contributed by atoms with Crippen LogP contribution in [0.1, 0.15) is 11.1 Å². The Morgan fingerprint density at radius 2 is 1.22 bits per heavy atom. The molecule has 23 heavy (non-hydrogen) atoms. The Hall–Kier alpha value is -1.78. The Morgan fingerprint density at radius 1 is 0.826 bits per heavy atom. The van der Waals surface area contributed by atoms with Gasteiger partial charge in [0, 0.05) is 17.2 Å². The maximum Gasteiger partial charge on any atom is 0.141 e. The molecular weight excluding hydrogens is 335 g/mol. The van der Waals surface area contributed by atoms with Crippen molar-refractivity contribution in [3.05, 3.63) is 47.5 Å². The lowest BCUT2D eigenvalue weighted by Gasteiger charge is -2.32. The molecule has 2 rings (SSSR count). The lowest BCUT2D eigenvalue weighted by atomic mass is 9.77. The highest BCUT2D eigenvalue weighted by molar-refractivity contribution is 6.22. The second-order valence-electron chi connectivity index (χ2n) is 5.26. The number of rotatable bonds is 6. The predicted molar refractivity (Wildman–Crippen MR) is 97.0 cm³/mol. The van der Waals surface area contributed by atoms with Crippen LogP contribution in [0.25, 0.3) is 0 Å². The molecule has 0 spiro atoms. The molecule has 0 bridgehead atoms. The van der Waals surface area contributed by atoms with Crippen LogP contribution in [-0.4, -0.2) is 26.0 Å². The highest BCUT2D eigenvalue weighted by Gasteiger charge is 2.34. The van der Waals surface area contributed by atoms with Crippen LogP contribution in [0.3, 0.4) is 0 Å². The topological polar surface area (TPSA) is 70.5 Å². The van der Waals surface area contributed by atoms with Crippen molar-refractivity contribution in [1.29, 1.82) is 0 Å². The zero-order valence-electron chi connectivity index (χ0n) is 13.1. The van der Waals surface area contributed by atoms with Gasteiger partial charge in [-0.15, -0.1) is 23.2 Å². The summed E-state index contributed by atoms with van der Waals surface area (Å²) in [4.78, 5) is 0. The molecule has 0 fully saturated rings. The molecule has 0 saturated carbocycles. The van der Waals surface area contributed by atoms with E-state index in [1.54, 1.807) is 14.2 Å². The quantitative estimate of drug-likeness (QED) is 0.613. The Kier molecular flexibility index (Phi) is 5.50. The van der Waals surface area contributed by atoms with Crippen molar-refractivity contribution in [1.82, 2.24) is 0 Å². The van der Waals surface area contributed by atoms with Gasteiger partial charge in [-0.3, -0.25) is 0 Å². The third kappa shape index (κ3) is 3.14. The van der Waals surface area contributed by atoms with E-state index in [2.05, 4.69) is 0 Å². The molecule has 4 N–H and O–H groups in total. The Balaban J connectivity index is 2.59. The van der Waals surface area contributed by atoms with Crippen LogP contribution in [0, 0.1) is 0 Å². The van der Waals surface area contributed by atoms with Crippen LogP contribution in [0.2, 0.25) is 0 Å². The first-order chi connectivity index (χ1) is 11.0. The number of benzene rings is 2. The van der Waals surface area contributed by atoms with Crippen molar-refractivity contribution < 1.29 is 9.47 Å². The third-order valence-electron chi connectivity index (χ3n) is 4.02. The zero-order chi connectivity index (χ0) is 17.0. The van der Waals surface area contributed by atoms with E-state index in [0.29, 0.717) is 22.9 Å². The maximum atomic E-state index is 6.32. The largest absolute Gasteiger partial charge is 0.495 e. The number of ether oxygens (including phenoxy) is 2. The van der Waals surface area contributed by atoms with Gasteiger partial charge in [0.15, 0.2) is 0 Å². The van der Waals surface area contributed by atoms with Gasteiger partial charge in [-0.05, 0) is 35.4 Å². The summed E-state index contributed by atoms with van der Waals surface area (Å²) in [6.45, 7) is 0. The summed E-state index contributed by atoms with van der Waals surface area (Å²) >= 11 is 12.6. The number of halogens is 2. The molecule has 0 aliphatic rings. The second-order valence-corrected chi connectivity index (χ2v) is 5.80. The minimum absolute atomic E-state index is 0.286. The lowest BCUT2D eigenvalue weighted by Crippen LogP contribution is -2.32. The van der Waals surface area contributed by atoms with Gasteiger partial charge in [0.1, 0.15) is 11.5 Å². The summed E-state index contributed by atoms with van der Waals surface area (Å²) < 4.78 is 10.4. The molecule has 0 aromatic heterocycles. The number of hydrogen-bond acceptors (Lipinski definition) is 4. The summed E-state index contributed by atoms with van der Waals surface area (Å²) in [6.07, 6.45) is 0. The minimum Gasteiger partial charge on any atom is -0.495 e. The molecule has 124 valence electrons. The summed E-state index contributed by atoms with van der Waals surface area (Å²) in [5, 5.41) is 0. The SMILES string of the molecule is COc1ccc(C(CCl)(CCl)c2ccc(OC)c(N)c2)cc1N. The van der Waals surface area contributed by atoms with Crippen LogP contribution in [-0.2, 0) is 5.41 Å². The maximum absolute atomic E-state index is 6.32. The fourth-order valence-electron chi connectivity index (χ4n) is 2.58. The van der Waals surface area contributed by atoms with Gasteiger partial charge in [-0.1, -0.05) is 12.1 Å². The van der Waals surface area contributed by atoms with Gasteiger partial charge < -0.3 is 20.9 Å². The van der Waals surface area contributed by atoms with E-state index in [1.165, 1.54) is 0 Å². The standard InChI is InChI=1S/C17H20Cl2N2O2/c1-22-15-5-3-11(7-13(15)20)17(9-18,10-19)12-4-6-16(23-2)14(21)8-12/h3-8H,9-10,20-21H2,1-2H3. The average molecular weight is 355 g/mol. The van der Waals surface area contributed by atoms with Gasteiger partial charge in [-0.2, -0.15) is 0 Å². The molecule has 6 heteroatoms. The fourth-order valence-corrected chi connectivity index (χ4v) is 3.48. The molecule has 0 unspecified atom stereocenters. The first-order valence-electron chi connectivity index (χ1n) is 7.02. The molecule has 0 amide bonds. The van der Waals surface area contributed by atoms with E-state index in [-0.39, 0.29) is 11.8 Å². The van der Waals surface area contributed by atoms with Gasteiger partial charge in [0.05, 0.1) is 25.6 Å². The van der Waals surface area contributed by atoms with Gasteiger partial charge in [0.25, 0.3) is 0 Å². The molecule has 2 aromatic carbocycles. The van der Waals surface area contributed by atoms with Crippen molar-refractivity contribution in [3.8, 4) is 11.5 Å². The third-order valence-corrected chi connectivity index (χ3v) is 4.93. The summed E-state index contributed by atoms with van der Waals surface area (Å²) in [5.41, 5.74) is 14.3. The van der Waals surface area contributed by atoms with Crippen molar-refractivity contribution in [2.45, 2.75) is 5.41 Å². The predicted octanol–water partition coefficient (Wildman–Crippen LogP) is 3.63. The second kappa shape index (κ2) is 7.20. The molecule has 0 heterocycles. The highest BCUT2D eigenvalue weighted by atomic mass is 35.5. The van der Waals surface area contributed by atoms with Crippen LogP contribution in [0.15, 0.2) is 36.4 Å². The van der Waals surface area contributed by atoms with E-state index < -0.39 is 5.41 Å². The summed E-state index contributed by atoms with van der Waals surface area (Å²) in [6, 6.07) is 11.1. The first kappa shape index (κ1) is 17.6. The molecular formula is C17H20Cl2N2O2. The summed E-state index contributed by atoms with van der Waals surface area (Å²) in [7, 11) is 3.15. The van der Waals surface area contributed by atoms with Crippen molar-refractivity contribution >= 4 is 34.6 Å². The smallest absolute Gasteiger partial charge is 0.141 e. The number of methoxy groups -OCH3 is 2. The van der Waals surface area contributed by atoms with E-state index in [0.717, 1.165) is 11.1 Å². The highest BCUT2D eigenvalue weighted by Crippen LogP contribution is 2.39. The number of anilines is 2. The van der Waals surface area contributed by atoms with Crippen LogP contribution in [0.5, 0.6) is 11.5 Å². The molecule has 0 aliphatic carbocycles. The first-order valence-corrected chi connectivity index (χ1v) is 8.09. The van der Waals surface area contributed by atoms with Gasteiger partial charge in [-0.25, -0.2) is 0 Å². The minimum atomic E-state index is -0.607. The fraction of sp³-hybridized carbons (Fsp3) is 0.294.